The fourth-order valence-electron chi connectivity index (χ4n) is 19.0. The van der Waals surface area contributed by atoms with Gasteiger partial charge in [-0.1, -0.05) is 212 Å². The second kappa shape index (κ2) is 24.2. The van der Waals surface area contributed by atoms with Crippen LogP contribution in [0.5, 0.6) is 0 Å². The Morgan fingerprint density at radius 2 is 0.655 bits per heavy atom. The number of hydrogen-bond acceptors (Lipinski definition) is 9. The lowest BCUT2D eigenvalue weighted by Crippen LogP contribution is -2.05. The molecule has 0 aliphatic heterocycles. The molecule has 14 aromatic carbocycles. The van der Waals surface area contributed by atoms with Crippen molar-refractivity contribution in [3.05, 3.63) is 346 Å². The number of para-hydroxylation sites is 6. The molecule has 12 heterocycles. The molecule has 26 aromatic rings. The van der Waals surface area contributed by atoms with Gasteiger partial charge in [-0.3, -0.25) is 13.7 Å². The monoisotopic (exact) mass is 1520 g/mol. The summed E-state index contributed by atoms with van der Waals surface area (Å²) in [6.07, 6.45) is 5.87. The topological polar surface area (TPSA) is 115 Å². The van der Waals surface area contributed by atoms with Gasteiger partial charge in [0.1, 0.15) is 5.58 Å². The summed E-state index contributed by atoms with van der Waals surface area (Å²) in [5.41, 5.74) is 18.6. The van der Waals surface area contributed by atoms with E-state index >= 15 is 0 Å². The lowest BCUT2D eigenvalue weighted by Gasteiger charge is -2.16. The summed E-state index contributed by atoms with van der Waals surface area (Å²) in [5, 5.41) is 17.8. The van der Waals surface area contributed by atoms with Gasteiger partial charge in [-0.25, -0.2) is 29.9 Å². The Hall–Kier alpha value is -15.2. The van der Waals surface area contributed by atoms with Crippen LogP contribution >= 0.6 is 22.7 Å². The van der Waals surface area contributed by atoms with Crippen LogP contribution in [0.3, 0.4) is 0 Å². The Balaban J connectivity index is 0.700. The number of aromatic nitrogens is 11. The van der Waals surface area contributed by atoms with Crippen molar-refractivity contribution in [3.63, 3.8) is 0 Å². The van der Waals surface area contributed by atoms with Crippen LogP contribution < -0.4 is 0 Å². The molecule has 0 atom stereocenters. The number of hydrogen-bond donors (Lipinski definition) is 0. The van der Waals surface area contributed by atoms with E-state index in [0.29, 0.717) is 23.1 Å². The summed E-state index contributed by atoms with van der Waals surface area (Å²) in [5.74, 6) is 4.00. The number of nitrogens with zero attached hydrogens (tertiary/aromatic N) is 11. The maximum absolute atomic E-state index is 7.14. The van der Waals surface area contributed by atoms with E-state index in [9.17, 15) is 0 Å². The molecule has 0 fully saturated rings. The van der Waals surface area contributed by atoms with Gasteiger partial charge in [0.2, 0.25) is 0 Å². The molecule has 0 aliphatic rings. The highest BCUT2D eigenvalue weighted by Gasteiger charge is 2.32. The molecule has 0 bridgehead atoms. The third-order valence-electron chi connectivity index (χ3n) is 23.9. The van der Waals surface area contributed by atoms with Crippen molar-refractivity contribution in [2.45, 2.75) is 0 Å². The van der Waals surface area contributed by atoms with Crippen molar-refractivity contribution in [3.8, 4) is 74.1 Å². The molecule has 116 heavy (non-hydrogen) atoms. The first kappa shape index (κ1) is 63.4. The minimum atomic E-state index is 0.516. The van der Waals surface area contributed by atoms with Crippen molar-refractivity contribution in [1.82, 2.24) is 52.7 Å². The van der Waals surface area contributed by atoms with Gasteiger partial charge in [0.15, 0.2) is 40.5 Å². The minimum Gasteiger partial charge on any atom is -0.452 e. The highest BCUT2D eigenvalue weighted by atomic mass is 32.1. The summed E-state index contributed by atoms with van der Waals surface area (Å²) in [6.45, 7) is 0. The molecule has 0 N–H and O–H groups in total. The maximum atomic E-state index is 7.14. The number of rotatable bonds is 9. The van der Waals surface area contributed by atoms with Gasteiger partial charge in [0.05, 0.1) is 75.8 Å². The third kappa shape index (κ3) is 8.95. The molecule has 14 heteroatoms. The van der Waals surface area contributed by atoms with E-state index in [0.717, 1.165) is 191 Å². The zero-order valence-corrected chi connectivity index (χ0v) is 63.2. The molecule has 0 aliphatic carbocycles. The second-order valence-corrected chi connectivity index (χ2v) is 32.1. The molecule has 26 rings (SSSR count). The molecule has 0 unspecified atom stereocenters. The van der Waals surface area contributed by atoms with Gasteiger partial charge < -0.3 is 13.6 Å². The summed E-state index contributed by atoms with van der Waals surface area (Å²) in [6, 6.07) is 118. The lowest BCUT2D eigenvalue weighted by molar-refractivity contribution is 0.663. The Labute approximate surface area is 666 Å². The number of benzene rings is 14. The smallest absolute Gasteiger partial charge is 0.181 e. The lowest BCUT2D eigenvalue weighted by atomic mass is 9.99. The van der Waals surface area contributed by atoms with Crippen molar-refractivity contribution in [1.29, 1.82) is 0 Å². The molecule has 12 aromatic heterocycles. The van der Waals surface area contributed by atoms with Gasteiger partial charge >= 0.3 is 0 Å². The van der Waals surface area contributed by atoms with E-state index in [1.165, 1.54) is 30.9 Å². The second-order valence-electron chi connectivity index (χ2n) is 30.0. The van der Waals surface area contributed by atoms with Gasteiger partial charge in [-0.15, -0.1) is 22.7 Å². The van der Waals surface area contributed by atoms with Crippen molar-refractivity contribution in [2.75, 3.05) is 0 Å². The number of pyridine rings is 3. The molecule has 538 valence electrons. The largest absolute Gasteiger partial charge is 0.452 e. The van der Waals surface area contributed by atoms with E-state index < -0.39 is 0 Å². The fraction of sp³-hybridized carbons (Fsp3) is 0. The molecule has 0 radical (unpaired) electrons. The van der Waals surface area contributed by atoms with Crippen LogP contribution in [0, 0.1) is 0 Å². The van der Waals surface area contributed by atoms with Crippen LogP contribution in [-0.4, -0.2) is 52.7 Å². The first-order valence-electron chi connectivity index (χ1n) is 38.9. The summed E-state index contributed by atoms with van der Waals surface area (Å²) in [7, 11) is 0. The highest BCUT2D eigenvalue weighted by molar-refractivity contribution is 7.26. The van der Waals surface area contributed by atoms with E-state index in [4.69, 9.17) is 34.3 Å². The first-order valence-corrected chi connectivity index (χ1v) is 40.5. The maximum Gasteiger partial charge on any atom is 0.181 e. The average molecular weight is 1520 g/mol. The number of thiophene rings is 2. The Morgan fingerprint density at radius 1 is 0.241 bits per heavy atom. The van der Waals surface area contributed by atoms with Gasteiger partial charge in [-0.2, -0.15) is 0 Å². The average Bonchev–Trinajstić information content (AvgIpc) is 1.53. The Morgan fingerprint density at radius 3 is 1.22 bits per heavy atom. The molecule has 0 saturated heterocycles. The standard InChI is InChI=1S/C102H57N11OS2/c1-3-22-58(23-4-1)97-106-98(59-24-5-2-6-25-59)108-99(107-97)90-92-77(67-30-11-18-38-83(67)112(92)101-95-72(49-52-104-101)68-31-12-19-40-88(68)115-95)57-78-75-55-61(43-46-85(75)113(93(78)90)102-96-73(50-53-105-102)69-32-13-20-41-89(69)116-96)60-42-45-84-74(54-60)66-29-10-14-34-79(66)109(84)62-44-47-87-76(56-62)71-48-51-103-100(94(71)114-87)111-82-37-17-9-28-65(82)70-33-21-39-86(91(70)111)110-80-35-15-7-26-63(80)64-27-8-16-36-81(64)110/h1-57H. The summed E-state index contributed by atoms with van der Waals surface area (Å²) in [4.78, 5) is 33.1. The minimum absolute atomic E-state index is 0.516. The number of fused-ring (bicyclic) bond motifs is 24. The molecule has 0 spiro atoms. The summed E-state index contributed by atoms with van der Waals surface area (Å²) >= 11 is 3.54. The van der Waals surface area contributed by atoms with Crippen molar-refractivity contribution < 1.29 is 4.42 Å². The normalized spacial score (nSPS) is 12.3. The number of furan rings is 1. The van der Waals surface area contributed by atoms with Crippen molar-refractivity contribution >= 4 is 194 Å². The SMILES string of the molecule is c1ccc(-c2nc(-c3ccccc3)nc(-c3c4c(cc5c6cc(-c7ccc8c(c7)c7ccccc7n8-c7ccc8oc9c(-n%10c%11ccccc%11c%11cccc(-n%12c%13ccccc%13c%13ccccc%13%12)c%11%10)nccc9c8c7)ccc6n(-c6nccc7c6sc6ccccc67)c35)c3ccccc3n4-c3nccc4c3sc3ccccc34)n2)cc1. The van der Waals surface area contributed by atoms with Crippen molar-refractivity contribution in [2.24, 2.45) is 0 Å². The van der Waals surface area contributed by atoms with Crippen LogP contribution in [-0.2, 0) is 0 Å². The Kier molecular flexibility index (Phi) is 13.2. The Bertz CT molecular complexity index is 8640. The first-order chi connectivity index (χ1) is 57.6. The van der Waals surface area contributed by atoms with Crippen LogP contribution in [0.4, 0.5) is 0 Å². The van der Waals surface area contributed by atoms with E-state index in [1.807, 2.05) is 55.0 Å². The van der Waals surface area contributed by atoms with Crippen LogP contribution in [0.25, 0.3) is 245 Å². The van der Waals surface area contributed by atoms with E-state index in [-0.39, 0.29) is 0 Å². The molecular weight excluding hydrogens is 1460 g/mol. The summed E-state index contributed by atoms with van der Waals surface area (Å²) < 4.78 is 23.6. The molecule has 0 amide bonds. The van der Waals surface area contributed by atoms with Gasteiger partial charge in [0, 0.05) is 131 Å². The molecular formula is C102H57N11OS2. The van der Waals surface area contributed by atoms with Gasteiger partial charge in [-0.05, 0) is 126 Å². The third-order valence-corrected chi connectivity index (χ3v) is 26.3. The predicted molar refractivity (Wildman–Crippen MR) is 480 cm³/mol. The van der Waals surface area contributed by atoms with Crippen LogP contribution in [0.15, 0.2) is 351 Å². The van der Waals surface area contributed by atoms with E-state index in [1.54, 1.807) is 22.7 Å². The van der Waals surface area contributed by atoms with Crippen LogP contribution in [0.1, 0.15) is 0 Å². The zero-order valence-electron chi connectivity index (χ0n) is 61.6. The molecule has 12 nitrogen and oxygen atoms in total. The predicted octanol–water partition coefficient (Wildman–Crippen LogP) is 26.8. The quantitative estimate of drug-likeness (QED) is 0.141. The highest BCUT2D eigenvalue weighted by Crippen LogP contribution is 2.51. The van der Waals surface area contributed by atoms with Crippen LogP contribution in [0.2, 0.25) is 0 Å². The van der Waals surface area contributed by atoms with Gasteiger partial charge in [0.25, 0.3) is 0 Å². The fourth-order valence-corrected chi connectivity index (χ4v) is 21.3. The molecule has 0 saturated carbocycles. The zero-order chi connectivity index (χ0) is 75.5. The van der Waals surface area contributed by atoms with E-state index in [2.05, 4.69) is 314 Å².